The maximum atomic E-state index is 11.9. The van der Waals surface area contributed by atoms with Crippen LogP contribution in [0.4, 0.5) is 0 Å². The van der Waals surface area contributed by atoms with Crippen LogP contribution in [0.3, 0.4) is 0 Å². The van der Waals surface area contributed by atoms with Crippen molar-refractivity contribution < 1.29 is 4.79 Å². The van der Waals surface area contributed by atoms with Gasteiger partial charge < -0.3 is 5.32 Å². The summed E-state index contributed by atoms with van der Waals surface area (Å²) in [5, 5.41) is 3.83. The predicted octanol–water partition coefficient (Wildman–Crippen LogP) is 3.36. The molecule has 0 aromatic heterocycles. The quantitative estimate of drug-likeness (QED) is 0.848. The fourth-order valence-electron chi connectivity index (χ4n) is 1.99. The molecule has 1 amide bonds. The zero-order valence-corrected chi connectivity index (χ0v) is 11.9. The second kappa shape index (κ2) is 4.81. The highest BCUT2D eigenvalue weighted by molar-refractivity contribution is 9.08. The van der Waals surface area contributed by atoms with Crippen LogP contribution in [0.2, 0.25) is 0 Å². The minimum absolute atomic E-state index is 0.0359. The average molecular weight is 296 g/mol. The molecule has 0 bridgehead atoms. The van der Waals surface area contributed by atoms with E-state index in [9.17, 15) is 4.79 Å². The summed E-state index contributed by atoms with van der Waals surface area (Å²) >= 11 is 3.39. The number of halogens is 1. The summed E-state index contributed by atoms with van der Waals surface area (Å²) in [6, 6.07) is 7.71. The average Bonchev–Trinajstić information content (AvgIpc) is 2.94. The number of hydrogen-bond acceptors (Lipinski definition) is 1. The Morgan fingerprint density at radius 1 is 1.41 bits per heavy atom. The van der Waals surface area contributed by atoms with E-state index >= 15 is 0 Å². The van der Waals surface area contributed by atoms with E-state index in [4.69, 9.17) is 0 Å². The van der Waals surface area contributed by atoms with Crippen LogP contribution >= 0.6 is 15.9 Å². The third kappa shape index (κ3) is 3.09. The number of carbonyl (C=O) groups is 1. The number of hydrogen-bond donors (Lipinski definition) is 1. The van der Waals surface area contributed by atoms with E-state index in [-0.39, 0.29) is 5.91 Å². The Morgan fingerprint density at radius 2 is 2.00 bits per heavy atom. The van der Waals surface area contributed by atoms with E-state index in [2.05, 4.69) is 35.1 Å². The van der Waals surface area contributed by atoms with Gasteiger partial charge in [0.2, 0.25) is 0 Å². The lowest BCUT2D eigenvalue weighted by atomic mass is 10.1. The first-order valence-electron chi connectivity index (χ1n) is 5.96. The van der Waals surface area contributed by atoms with E-state index in [0.717, 1.165) is 17.4 Å². The molecule has 0 saturated heterocycles. The summed E-state index contributed by atoms with van der Waals surface area (Å²) < 4.78 is 0. The Hall–Kier alpha value is -0.830. The molecule has 1 saturated carbocycles. The molecule has 1 aliphatic rings. The number of carbonyl (C=O) groups excluding carboxylic acids is 1. The fourth-order valence-corrected chi connectivity index (χ4v) is 2.36. The van der Waals surface area contributed by atoms with Gasteiger partial charge in [-0.25, -0.2) is 0 Å². The Balaban J connectivity index is 1.87. The van der Waals surface area contributed by atoms with Gasteiger partial charge in [0.05, 0.1) is 0 Å². The predicted molar refractivity (Wildman–Crippen MR) is 73.3 cm³/mol. The van der Waals surface area contributed by atoms with Gasteiger partial charge in [-0.15, -0.1) is 0 Å². The summed E-state index contributed by atoms with van der Waals surface area (Å²) in [7, 11) is 0. The second-order valence-electron chi connectivity index (χ2n) is 5.43. The van der Waals surface area contributed by atoms with Crippen LogP contribution in [0, 0.1) is 11.3 Å². The van der Waals surface area contributed by atoms with Crippen molar-refractivity contribution in [1.82, 2.24) is 5.32 Å². The molecule has 1 fully saturated rings. The number of amides is 1. The lowest BCUT2D eigenvalue weighted by molar-refractivity contribution is 0.0950. The summed E-state index contributed by atoms with van der Waals surface area (Å²) in [4.78, 5) is 11.9. The molecule has 1 N–H and O–H groups in total. The third-order valence-corrected chi connectivity index (χ3v) is 4.24. The van der Waals surface area contributed by atoms with Crippen molar-refractivity contribution in [2.24, 2.45) is 11.3 Å². The molecule has 92 valence electrons. The summed E-state index contributed by atoms with van der Waals surface area (Å²) in [5.41, 5.74) is 2.35. The molecule has 17 heavy (non-hydrogen) atoms. The zero-order valence-electron chi connectivity index (χ0n) is 10.3. The Bertz CT molecular complexity index is 411. The van der Waals surface area contributed by atoms with Crippen LogP contribution in [-0.2, 0) is 5.33 Å². The first-order chi connectivity index (χ1) is 8.03. The van der Waals surface area contributed by atoms with Crippen molar-refractivity contribution in [2.45, 2.75) is 25.6 Å². The molecular weight excluding hydrogens is 278 g/mol. The summed E-state index contributed by atoms with van der Waals surface area (Å²) in [5.74, 6) is 0.682. The van der Waals surface area contributed by atoms with E-state index < -0.39 is 0 Å². The third-order valence-electron chi connectivity index (χ3n) is 3.60. The molecule has 0 radical (unpaired) electrons. The Morgan fingerprint density at radius 3 is 2.47 bits per heavy atom. The standard InChI is InChI=1S/C14H18BrNO/c1-14(2)7-12(14)9-16-13(17)11-5-3-10(8-15)4-6-11/h3-6,12H,7-9H2,1-2H3,(H,16,17). The van der Waals surface area contributed by atoms with Crippen LogP contribution < -0.4 is 5.32 Å². The normalized spacial score (nSPS) is 21.0. The summed E-state index contributed by atoms with van der Waals surface area (Å²) in [6.45, 7) is 5.29. The molecule has 1 aromatic carbocycles. The van der Waals surface area contributed by atoms with Crippen molar-refractivity contribution >= 4 is 21.8 Å². The Labute approximate surface area is 111 Å². The smallest absolute Gasteiger partial charge is 0.251 e. The Kier molecular flexibility index (Phi) is 3.57. The molecule has 0 spiro atoms. The maximum Gasteiger partial charge on any atom is 0.251 e. The van der Waals surface area contributed by atoms with E-state index in [1.54, 1.807) is 0 Å². The van der Waals surface area contributed by atoms with Crippen molar-refractivity contribution in [3.8, 4) is 0 Å². The molecule has 1 unspecified atom stereocenters. The van der Waals surface area contributed by atoms with Gasteiger partial charge >= 0.3 is 0 Å². The lowest BCUT2D eigenvalue weighted by Crippen LogP contribution is -2.26. The molecule has 2 rings (SSSR count). The van der Waals surface area contributed by atoms with Gasteiger partial charge in [0.15, 0.2) is 0 Å². The number of nitrogens with one attached hydrogen (secondary N) is 1. The van der Waals surface area contributed by atoms with Gasteiger partial charge in [-0.3, -0.25) is 4.79 Å². The van der Waals surface area contributed by atoms with Crippen molar-refractivity contribution in [2.75, 3.05) is 6.54 Å². The first-order valence-corrected chi connectivity index (χ1v) is 7.08. The maximum absolute atomic E-state index is 11.9. The number of alkyl halides is 1. The molecule has 0 heterocycles. The molecule has 0 aliphatic heterocycles. The van der Waals surface area contributed by atoms with Crippen molar-refractivity contribution in [3.05, 3.63) is 35.4 Å². The van der Waals surface area contributed by atoms with Gasteiger partial charge in [-0.1, -0.05) is 41.9 Å². The number of rotatable bonds is 4. The largest absolute Gasteiger partial charge is 0.352 e. The van der Waals surface area contributed by atoms with Crippen LogP contribution in [-0.4, -0.2) is 12.5 Å². The van der Waals surface area contributed by atoms with Gasteiger partial charge in [-0.05, 0) is 35.4 Å². The molecule has 1 aromatic rings. The van der Waals surface area contributed by atoms with Crippen LogP contribution in [0.15, 0.2) is 24.3 Å². The number of benzene rings is 1. The molecule has 2 nitrogen and oxygen atoms in total. The molecule has 1 aliphatic carbocycles. The van der Waals surface area contributed by atoms with Gasteiger partial charge in [0.1, 0.15) is 0 Å². The van der Waals surface area contributed by atoms with E-state index in [0.29, 0.717) is 11.3 Å². The van der Waals surface area contributed by atoms with Crippen LogP contribution in [0.5, 0.6) is 0 Å². The molecule has 1 atom stereocenters. The van der Waals surface area contributed by atoms with Crippen molar-refractivity contribution in [3.63, 3.8) is 0 Å². The summed E-state index contributed by atoms with van der Waals surface area (Å²) in [6.07, 6.45) is 1.22. The second-order valence-corrected chi connectivity index (χ2v) is 5.99. The highest BCUT2D eigenvalue weighted by atomic mass is 79.9. The van der Waals surface area contributed by atoms with Crippen LogP contribution in [0.25, 0.3) is 0 Å². The first kappa shape index (κ1) is 12.6. The van der Waals surface area contributed by atoms with Crippen LogP contribution in [0.1, 0.15) is 36.2 Å². The SMILES string of the molecule is CC1(C)CC1CNC(=O)c1ccc(CBr)cc1. The minimum atomic E-state index is 0.0359. The van der Waals surface area contributed by atoms with Crippen molar-refractivity contribution in [1.29, 1.82) is 0 Å². The minimum Gasteiger partial charge on any atom is -0.352 e. The van der Waals surface area contributed by atoms with E-state index in [1.807, 2.05) is 24.3 Å². The highest BCUT2D eigenvalue weighted by Crippen LogP contribution is 2.50. The zero-order chi connectivity index (χ0) is 12.5. The fraction of sp³-hybridized carbons (Fsp3) is 0.500. The van der Waals surface area contributed by atoms with Gasteiger partial charge in [0, 0.05) is 17.4 Å². The monoisotopic (exact) mass is 295 g/mol. The topological polar surface area (TPSA) is 29.1 Å². The van der Waals surface area contributed by atoms with Gasteiger partial charge in [0.25, 0.3) is 5.91 Å². The van der Waals surface area contributed by atoms with E-state index in [1.165, 1.54) is 12.0 Å². The van der Waals surface area contributed by atoms with Gasteiger partial charge in [-0.2, -0.15) is 0 Å². The molecular formula is C14H18BrNO. The highest BCUT2D eigenvalue weighted by Gasteiger charge is 2.45. The molecule has 3 heteroatoms. The lowest BCUT2D eigenvalue weighted by Gasteiger charge is -2.07.